The third-order valence-electron chi connectivity index (χ3n) is 2.01. The molecule has 0 aromatic heterocycles. The minimum atomic E-state index is -0.998. The maximum Gasteiger partial charge on any atom is 4.00 e. The van der Waals surface area contributed by atoms with E-state index < -0.39 is 11.9 Å². The van der Waals surface area contributed by atoms with Gasteiger partial charge >= 0.3 is 21.7 Å². The van der Waals surface area contributed by atoms with Crippen LogP contribution < -0.4 is 10.2 Å². The molecule has 16 heavy (non-hydrogen) atoms. The zero-order valence-electron chi connectivity index (χ0n) is 9.20. The SMILES string of the molecule is O=C([O-])CCCCCCCCC(=O)[O-].[O-2].[Ti+4]. The minimum Gasteiger partial charge on any atom is -2.00 e. The molecule has 0 rings (SSSR count). The number of unbranched alkanes of at least 4 members (excludes halogenated alkanes) is 5. The van der Waals surface area contributed by atoms with Crippen molar-refractivity contribution in [3.8, 4) is 0 Å². The molecular weight excluding hydrogens is 248 g/mol. The van der Waals surface area contributed by atoms with Crippen molar-refractivity contribution >= 4 is 11.9 Å². The van der Waals surface area contributed by atoms with Gasteiger partial charge < -0.3 is 25.3 Å². The molecule has 0 bridgehead atoms. The molecule has 0 saturated heterocycles. The minimum absolute atomic E-state index is 0. The summed E-state index contributed by atoms with van der Waals surface area (Å²) in [5.41, 5.74) is 0. The second kappa shape index (κ2) is 14.6. The molecule has 0 spiro atoms. The second-order valence-corrected chi connectivity index (χ2v) is 3.37. The number of aliphatic carboxylic acids is 2. The van der Waals surface area contributed by atoms with Crippen LogP contribution in [0.4, 0.5) is 0 Å². The summed E-state index contributed by atoms with van der Waals surface area (Å²) >= 11 is 0. The fourth-order valence-electron chi connectivity index (χ4n) is 1.25. The van der Waals surface area contributed by atoms with E-state index in [0.29, 0.717) is 12.8 Å². The Morgan fingerprint density at radius 2 is 0.938 bits per heavy atom. The number of carbonyl (C=O) groups is 2. The van der Waals surface area contributed by atoms with Gasteiger partial charge in [-0.3, -0.25) is 0 Å². The van der Waals surface area contributed by atoms with Gasteiger partial charge in [0.2, 0.25) is 0 Å². The van der Waals surface area contributed by atoms with Gasteiger partial charge in [0.15, 0.2) is 0 Å². The van der Waals surface area contributed by atoms with Crippen LogP contribution in [0, 0.1) is 0 Å². The fraction of sp³-hybridized carbons (Fsp3) is 0.800. The Bertz CT molecular complexity index is 164. The van der Waals surface area contributed by atoms with Crippen molar-refractivity contribution in [2.45, 2.75) is 51.4 Å². The maximum absolute atomic E-state index is 10.0. The van der Waals surface area contributed by atoms with Gasteiger partial charge in [-0.15, -0.1) is 0 Å². The van der Waals surface area contributed by atoms with Crippen molar-refractivity contribution < 1.29 is 47.0 Å². The Morgan fingerprint density at radius 3 is 1.19 bits per heavy atom. The summed E-state index contributed by atoms with van der Waals surface area (Å²) in [6, 6.07) is 0. The summed E-state index contributed by atoms with van der Waals surface area (Å²) in [6.07, 6.45) is 5.23. The van der Waals surface area contributed by atoms with E-state index in [1.807, 2.05) is 0 Å². The van der Waals surface area contributed by atoms with E-state index in [2.05, 4.69) is 0 Å². The van der Waals surface area contributed by atoms with Gasteiger partial charge in [-0.25, -0.2) is 0 Å². The van der Waals surface area contributed by atoms with E-state index in [-0.39, 0.29) is 40.0 Å². The first kappa shape index (κ1) is 21.0. The van der Waals surface area contributed by atoms with E-state index in [4.69, 9.17) is 0 Å². The van der Waals surface area contributed by atoms with Crippen molar-refractivity contribution in [1.29, 1.82) is 0 Å². The predicted molar refractivity (Wildman–Crippen MR) is 47.6 cm³/mol. The molecular formula is C10H16O5Ti. The van der Waals surface area contributed by atoms with Gasteiger partial charge in [-0.1, -0.05) is 25.7 Å². The summed E-state index contributed by atoms with van der Waals surface area (Å²) < 4.78 is 0. The summed E-state index contributed by atoms with van der Waals surface area (Å²) in [4.78, 5) is 20.1. The maximum atomic E-state index is 10.0. The number of rotatable bonds is 9. The molecule has 0 saturated carbocycles. The molecule has 0 heterocycles. The van der Waals surface area contributed by atoms with Crippen LogP contribution in [0.25, 0.3) is 0 Å². The van der Waals surface area contributed by atoms with Gasteiger partial charge in [0.25, 0.3) is 0 Å². The van der Waals surface area contributed by atoms with Crippen molar-refractivity contribution in [1.82, 2.24) is 0 Å². The fourth-order valence-corrected chi connectivity index (χ4v) is 1.25. The molecule has 0 aromatic carbocycles. The first-order chi connectivity index (χ1) is 6.63. The average Bonchev–Trinajstić information content (AvgIpc) is 2.08. The summed E-state index contributed by atoms with van der Waals surface area (Å²) in [5, 5.41) is 20.1. The third-order valence-corrected chi connectivity index (χ3v) is 2.01. The zero-order valence-corrected chi connectivity index (χ0v) is 10.8. The second-order valence-electron chi connectivity index (χ2n) is 3.37. The van der Waals surface area contributed by atoms with E-state index in [1.165, 1.54) is 0 Å². The van der Waals surface area contributed by atoms with Crippen molar-refractivity contribution in [3.05, 3.63) is 0 Å². The van der Waals surface area contributed by atoms with Crippen LogP contribution >= 0.6 is 0 Å². The molecule has 0 fully saturated rings. The molecule has 90 valence electrons. The van der Waals surface area contributed by atoms with Gasteiger partial charge in [0, 0.05) is 11.9 Å². The van der Waals surface area contributed by atoms with Crippen LogP contribution in [0.3, 0.4) is 0 Å². The molecule has 0 aliphatic carbocycles. The first-order valence-electron chi connectivity index (χ1n) is 5.02. The van der Waals surface area contributed by atoms with Crippen LogP contribution in [0.5, 0.6) is 0 Å². The smallest absolute Gasteiger partial charge is 2.00 e. The molecule has 5 nitrogen and oxygen atoms in total. The van der Waals surface area contributed by atoms with Crippen LogP contribution in [0.1, 0.15) is 51.4 Å². The summed E-state index contributed by atoms with van der Waals surface area (Å²) in [6.45, 7) is 0. The normalized spacial score (nSPS) is 8.75. The van der Waals surface area contributed by atoms with Crippen LogP contribution in [0.2, 0.25) is 0 Å². The first-order valence-corrected chi connectivity index (χ1v) is 5.02. The molecule has 0 N–H and O–H groups in total. The number of carboxylic acid groups (broad SMARTS) is 2. The standard InChI is InChI=1S/C10H18O4.O.Ti/c11-9(12)7-5-3-1-2-4-6-8-10(13)14;;/h1-8H2,(H,11,12)(H,13,14);;/q;-2;+4/p-2. The van der Waals surface area contributed by atoms with E-state index in [9.17, 15) is 19.8 Å². The Labute approximate surface area is 110 Å². The Morgan fingerprint density at radius 1 is 0.688 bits per heavy atom. The average molecular weight is 264 g/mol. The quantitative estimate of drug-likeness (QED) is 0.412. The number of hydrogen-bond acceptors (Lipinski definition) is 4. The van der Waals surface area contributed by atoms with Crippen LogP contribution in [0.15, 0.2) is 0 Å². The number of hydrogen-bond donors (Lipinski definition) is 0. The predicted octanol–water partition coefficient (Wildman–Crippen LogP) is -0.514. The molecule has 0 amide bonds. The molecule has 0 radical (unpaired) electrons. The monoisotopic (exact) mass is 264 g/mol. The third kappa shape index (κ3) is 19.2. The van der Waals surface area contributed by atoms with Crippen LogP contribution in [-0.2, 0) is 36.8 Å². The summed E-state index contributed by atoms with van der Waals surface area (Å²) in [7, 11) is 0. The van der Waals surface area contributed by atoms with Gasteiger partial charge in [-0.05, 0) is 25.7 Å². The zero-order chi connectivity index (χ0) is 10.8. The Hall–Kier alpha value is -0.386. The molecule has 0 unspecified atom stereocenters. The van der Waals surface area contributed by atoms with Gasteiger partial charge in [0.1, 0.15) is 0 Å². The van der Waals surface area contributed by atoms with Gasteiger partial charge in [0.05, 0.1) is 0 Å². The molecule has 0 aromatic rings. The van der Waals surface area contributed by atoms with E-state index in [1.54, 1.807) is 0 Å². The van der Waals surface area contributed by atoms with E-state index >= 15 is 0 Å². The molecule has 0 aliphatic rings. The number of carboxylic acids is 2. The van der Waals surface area contributed by atoms with Crippen molar-refractivity contribution in [2.75, 3.05) is 0 Å². The Balaban J connectivity index is -0.000000845. The van der Waals surface area contributed by atoms with E-state index in [0.717, 1.165) is 25.7 Å². The van der Waals surface area contributed by atoms with Gasteiger partial charge in [-0.2, -0.15) is 0 Å². The number of carbonyl (C=O) groups excluding carboxylic acids is 2. The van der Waals surface area contributed by atoms with Crippen molar-refractivity contribution in [2.24, 2.45) is 0 Å². The van der Waals surface area contributed by atoms with Crippen molar-refractivity contribution in [3.63, 3.8) is 0 Å². The topological polar surface area (TPSA) is 109 Å². The molecule has 0 aliphatic heterocycles. The Kier molecular flexibility index (Phi) is 19.1. The largest absolute Gasteiger partial charge is 4.00 e. The summed E-state index contributed by atoms with van der Waals surface area (Å²) in [5.74, 6) is -2.00. The van der Waals surface area contributed by atoms with Crippen LogP contribution in [-0.4, -0.2) is 11.9 Å². The molecule has 0 atom stereocenters. The molecule has 6 heteroatoms.